The number of aliphatic carboxylic acids is 1. The van der Waals surface area contributed by atoms with Gasteiger partial charge in [-0.2, -0.15) is 0 Å². The number of nitrogens with two attached hydrogens (primary N) is 3. The molecule has 0 rings (SSSR count). The van der Waals surface area contributed by atoms with Crippen molar-refractivity contribution in [2.45, 2.75) is 64.2 Å². The number of primary amides is 2. The van der Waals surface area contributed by atoms with Gasteiger partial charge in [0.25, 0.3) is 0 Å². The molecule has 0 saturated heterocycles. The quantitative estimate of drug-likeness (QED) is 0.155. The zero-order chi connectivity index (χ0) is 23.6. The lowest BCUT2D eigenvalue weighted by Gasteiger charge is -2.26. The molecular weight excluding hydrogens is 400 g/mol. The number of amides is 5. The van der Waals surface area contributed by atoms with Crippen molar-refractivity contribution < 1.29 is 33.9 Å². The molecule has 13 heteroatoms. The summed E-state index contributed by atoms with van der Waals surface area (Å²) in [6.45, 7) is 4.44. The van der Waals surface area contributed by atoms with Crippen LogP contribution in [0, 0.1) is 5.92 Å². The lowest BCUT2D eigenvalue weighted by molar-refractivity contribution is -0.142. The van der Waals surface area contributed by atoms with Crippen LogP contribution in [0.1, 0.15) is 40.0 Å². The van der Waals surface area contributed by atoms with Gasteiger partial charge in [-0.3, -0.25) is 28.8 Å². The first kappa shape index (κ1) is 26.8. The number of hydrogen-bond acceptors (Lipinski definition) is 7. The molecule has 0 aromatic rings. The maximum absolute atomic E-state index is 12.6. The van der Waals surface area contributed by atoms with E-state index in [0.717, 1.165) is 0 Å². The van der Waals surface area contributed by atoms with Gasteiger partial charge in [-0.25, -0.2) is 0 Å². The fraction of sp³-hybridized carbons (Fsp3) is 0.647. The first-order chi connectivity index (χ1) is 13.8. The molecule has 5 amide bonds. The van der Waals surface area contributed by atoms with E-state index in [1.807, 2.05) is 0 Å². The molecule has 0 aliphatic heterocycles. The molecule has 0 spiro atoms. The summed E-state index contributed by atoms with van der Waals surface area (Å²) >= 11 is 0. The van der Waals surface area contributed by atoms with Crippen molar-refractivity contribution in [1.29, 1.82) is 0 Å². The summed E-state index contributed by atoms with van der Waals surface area (Å²) in [5, 5.41) is 15.7. The summed E-state index contributed by atoms with van der Waals surface area (Å²) in [7, 11) is 0. The molecule has 10 N–H and O–H groups in total. The Labute approximate surface area is 173 Å². The van der Waals surface area contributed by atoms with Gasteiger partial charge in [0, 0.05) is 6.42 Å². The van der Waals surface area contributed by atoms with Gasteiger partial charge in [-0.1, -0.05) is 13.8 Å². The van der Waals surface area contributed by atoms with Gasteiger partial charge >= 0.3 is 5.97 Å². The summed E-state index contributed by atoms with van der Waals surface area (Å²) in [5.74, 6) is -5.73. The SMILES string of the molecule is CC(NC(=O)C(CC(N)=O)NC(=O)C(NC(=O)C(N)CCC(N)=O)C(C)C)C(=O)O. The van der Waals surface area contributed by atoms with E-state index in [2.05, 4.69) is 16.0 Å². The summed E-state index contributed by atoms with van der Waals surface area (Å²) in [5.41, 5.74) is 15.8. The van der Waals surface area contributed by atoms with Crippen LogP contribution in [0.15, 0.2) is 0 Å². The summed E-state index contributed by atoms with van der Waals surface area (Å²) in [6, 6.07) is -4.93. The summed E-state index contributed by atoms with van der Waals surface area (Å²) in [4.78, 5) is 70.1. The average molecular weight is 430 g/mol. The number of carbonyl (C=O) groups is 6. The first-order valence-electron chi connectivity index (χ1n) is 9.22. The number of carboxylic acid groups (broad SMARTS) is 1. The zero-order valence-corrected chi connectivity index (χ0v) is 17.1. The predicted molar refractivity (Wildman–Crippen MR) is 104 cm³/mol. The smallest absolute Gasteiger partial charge is 0.325 e. The second-order valence-electron chi connectivity index (χ2n) is 7.14. The topological polar surface area (TPSA) is 237 Å². The minimum Gasteiger partial charge on any atom is -0.480 e. The molecule has 4 atom stereocenters. The fourth-order valence-electron chi connectivity index (χ4n) is 2.27. The van der Waals surface area contributed by atoms with E-state index in [9.17, 15) is 28.8 Å². The Kier molecular flexibility index (Phi) is 11.0. The Hall–Kier alpha value is -3.22. The van der Waals surface area contributed by atoms with Crippen LogP contribution >= 0.6 is 0 Å². The van der Waals surface area contributed by atoms with Crippen molar-refractivity contribution in [2.24, 2.45) is 23.1 Å². The summed E-state index contributed by atoms with van der Waals surface area (Å²) < 4.78 is 0. The molecule has 0 aromatic carbocycles. The van der Waals surface area contributed by atoms with Crippen molar-refractivity contribution in [3.63, 3.8) is 0 Å². The van der Waals surface area contributed by atoms with Crippen molar-refractivity contribution in [2.75, 3.05) is 0 Å². The maximum Gasteiger partial charge on any atom is 0.325 e. The third kappa shape index (κ3) is 9.82. The van der Waals surface area contributed by atoms with Crippen LogP contribution in [0.3, 0.4) is 0 Å². The van der Waals surface area contributed by atoms with Crippen LogP contribution in [0.25, 0.3) is 0 Å². The Balaban J connectivity index is 5.26. The van der Waals surface area contributed by atoms with Crippen LogP contribution in [0.4, 0.5) is 0 Å². The second-order valence-corrected chi connectivity index (χ2v) is 7.14. The average Bonchev–Trinajstić information content (AvgIpc) is 2.62. The number of rotatable bonds is 13. The van der Waals surface area contributed by atoms with Crippen molar-refractivity contribution in [3.05, 3.63) is 0 Å². The second kappa shape index (κ2) is 12.4. The van der Waals surface area contributed by atoms with Gasteiger partial charge in [0.2, 0.25) is 29.5 Å². The molecule has 0 aliphatic carbocycles. The highest BCUT2D eigenvalue weighted by Crippen LogP contribution is 2.05. The summed E-state index contributed by atoms with van der Waals surface area (Å²) in [6.07, 6.45) is -0.718. The van der Waals surface area contributed by atoms with E-state index in [1.54, 1.807) is 13.8 Å². The van der Waals surface area contributed by atoms with E-state index in [-0.39, 0.29) is 12.8 Å². The Morgan fingerprint density at radius 2 is 1.40 bits per heavy atom. The lowest BCUT2D eigenvalue weighted by Crippen LogP contribution is -2.58. The van der Waals surface area contributed by atoms with Crippen molar-refractivity contribution in [1.82, 2.24) is 16.0 Å². The molecular formula is C17H30N6O7. The van der Waals surface area contributed by atoms with Crippen LogP contribution in [-0.2, 0) is 28.8 Å². The minimum absolute atomic E-state index is 0.0205. The van der Waals surface area contributed by atoms with Crippen LogP contribution < -0.4 is 33.2 Å². The normalized spacial score (nSPS) is 14.7. The first-order valence-corrected chi connectivity index (χ1v) is 9.22. The van der Waals surface area contributed by atoms with Crippen LogP contribution in [0.5, 0.6) is 0 Å². The number of carboxylic acids is 1. The minimum atomic E-state index is -1.45. The largest absolute Gasteiger partial charge is 0.480 e. The molecule has 0 fully saturated rings. The monoisotopic (exact) mass is 430 g/mol. The van der Waals surface area contributed by atoms with Crippen LogP contribution in [-0.4, -0.2) is 64.8 Å². The van der Waals surface area contributed by atoms with Crippen molar-refractivity contribution in [3.8, 4) is 0 Å². The van der Waals surface area contributed by atoms with E-state index in [0.29, 0.717) is 0 Å². The zero-order valence-electron chi connectivity index (χ0n) is 17.1. The highest BCUT2D eigenvalue weighted by Gasteiger charge is 2.31. The number of nitrogens with one attached hydrogen (secondary N) is 3. The Bertz CT molecular complexity index is 682. The molecule has 0 bridgehead atoms. The van der Waals surface area contributed by atoms with Crippen molar-refractivity contribution >= 4 is 35.5 Å². The molecule has 170 valence electrons. The van der Waals surface area contributed by atoms with Gasteiger partial charge in [0.1, 0.15) is 18.1 Å². The van der Waals surface area contributed by atoms with E-state index in [1.165, 1.54) is 6.92 Å². The van der Waals surface area contributed by atoms with Gasteiger partial charge in [0.05, 0.1) is 12.5 Å². The van der Waals surface area contributed by atoms with Gasteiger partial charge in [-0.15, -0.1) is 0 Å². The number of hydrogen-bond donors (Lipinski definition) is 7. The Morgan fingerprint density at radius 1 is 0.833 bits per heavy atom. The van der Waals surface area contributed by atoms with E-state index < -0.39 is 72.0 Å². The lowest BCUT2D eigenvalue weighted by atomic mass is 10.0. The van der Waals surface area contributed by atoms with Crippen LogP contribution in [0.2, 0.25) is 0 Å². The van der Waals surface area contributed by atoms with Gasteiger partial charge in [-0.05, 0) is 19.3 Å². The highest BCUT2D eigenvalue weighted by atomic mass is 16.4. The Morgan fingerprint density at radius 3 is 1.83 bits per heavy atom. The molecule has 0 radical (unpaired) electrons. The van der Waals surface area contributed by atoms with Gasteiger partial charge in [0.15, 0.2) is 0 Å². The molecule has 30 heavy (non-hydrogen) atoms. The predicted octanol–water partition coefficient (Wildman–Crippen LogP) is -3.33. The van der Waals surface area contributed by atoms with E-state index in [4.69, 9.17) is 22.3 Å². The molecule has 4 unspecified atom stereocenters. The molecule has 0 aromatic heterocycles. The highest BCUT2D eigenvalue weighted by molar-refractivity contribution is 5.96. The molecule has 0 saturated carbocycles. The molecule has 0 heterocycles. The number of carbonyl (C=O) groups excluding carboxylic acids is 5. The standard InChI is InChI=1S/C17H30N6O7/c1-7(2)13(23-14(26)9(18)4-5-11(19)24)16(28)22-10(6-12(20)25)15(27)21-8(3)17(29)30/h7-10,13H,4-6,18H2,1-3H3,(H2,19,24)(H2,20,25)(H,21,27)(H,22,28)(H,23,26)(H,29,30). The van der Waals surface area contributed by atoms with Gasteiger partial charge < -0.3 is 38.3 Å². The third-order valence-corrected chi connectivity index (χ3v) is 4.05. The molecule has 13 nitrogen and oxygen atoms in total. The maximum atomic E-state index is 12.6. The third-order valence-electron chi connectivity index (χ3n) is 4.05. The fourth-order valence-corrected chi connectivity index (χ4v) is 2.27. The van der Waals surface area contributed by atoms with E-state index >= 15 is 0 Å². The molecule has 0 aliphatic rings.